The number of hydrogen-bond acceptors (Lipinski definition) is 6. The highest BCUT2D eigenvalue weighted by atomic mass is 16.5. The molecule has 0 radical (unpaired) electrons. The predicted octanol–water partition coefficient (Wildman–Crippen LogP) is -0.288. The Morgan fingerprint density at radius 3 is 2.50 bits per heavy atom. The van der Waals surface area contributed by atoms with Gasteiger partial charge in [0.15, 0.2) is 0 Å². The lowest BCUT2D eigenvalue weighted by atomic mass is 10.2. The van der Waals surface area contributed by atoms with Gasteiger partial charge in [-0.3, -0.25) is 4.90 Å². The molecule has 1 fully saturated rings. The van der Waals surface area contributed by atoms with E-state index in [-0.39, 0.29) is 6.61 Å². The van der Waals surface area contributed by atoms with Gasteiger partial charge in [-0.1, -0.05) is 0 Å². The summed E-state index contributed by atoms with van der Waals surface area (Å²) in [7, 11) is 1.66. The minimum Gasteiger partial charge on any atom is -0.395 e. The van der Waals surface area contributed by atoms with E-state index in [1.165, 1.54) is 12.8 Å². The minimum absolute atomic E-state index is 0.201. The maximum Gasteiger partial charge on any atom is 0.0701 e. The average molecular weight is 290 g/mol. The third-order valence-electron chi connectivity index (χ3n) is 3.41. The van der Waals surface area contributed by atoms with Crippen molar-refractivity contribution in [3.63, 3.8) is 0 Å². The van der Waals surface area contributed by atoms with E-state index in [9.17, 15) is 0 Å². The first kappa shape index (κ1) is 17.8. The maximum absolute atomic E-state index is 9.10. The third-order valence-corrected chi connectivity index (χ3v) is 3.41. The van der Waals surface area contributed by atoms with Crippen molar-refractivity contribution in [3.8, 4) is 0 Å². The van der Waals surface area contributed by atoms with Crippen LogP contribution in [0.5, 0.6) is 0 Å². The van der Waals surface area contributed by atoms with Gasteiger partial charge in [-0.25, -0.2) is 0 Å². The summed E-state index contributed by atoms with van der Waals surface area (Å²) in [6.45, 7) is 7.02. The Labute approximate surface area is 122 Å². The van der Waals surface area contributed by atoms with Gasteiger partial charge in [-0.2, -0.15) is 0 Å². The van der Waals surface area contributed by atoms with Crippen LogP contribution in [0.25, 0.3) is 0 Å². The molecule has 20 heavy (non-hydrogen) atoms. The standard InChI is InChI=1S/C14H30N2O4/c1-18-9-10-20-12-11-19-8-6-16(5-7-17)13-14-3-2-4-15-14/h14-15,17H,2-13H2,1H3. The molecule has 0 aromatic heterocycles. The topological polar surface area (TPSA) is 63.2 Å². The summed E-state index contributed by atoms with van der Waals surface area (Å²) < 4.78 is 15.8. The molecule has 0 saturated carbocycles. The highest BCUT2D eigenvalue weighted by Crippen LogP contribution is 2.06. The van der Waals surface area contributed by atoms with Crippen LogP contribution in [0.4, 0.5) is 0 Å². The quantitative estimate of drug-likeness (QED) is 0.455. The van der Waals surface area contributed by atoms with E-state index in [1.807, 2.05) is 0 Å². The highest BCUT2D eigenvalue weighted by Gasteiger charge is 2.17. The zero-order chi connectivity index (χ0) is 14.5. The lowest BCUT2D eigenvalue weighted by Crippen LogP contribution is -2.40. The summed E-state index contributed by atoms with van der Waals surface area (Å²) in [6.07, 6.45) is 2.49. The van der Waals surface area contributed by atoms with Crippen LogP contribution in [0.2, 0.25) is 0 Å². The van der Waals surface area contributed by atoms with E-state index in [0.717, 1.165) is 19.6 Å². The highest BCUT2D eigenvalue weighted by molar-refractivity contribution is 4.77. The first-order valence-electron chi connectivity index (χ1n) is 7.58. The molecule has 6 heteroatoms. The monoisotopic (exact) mass is 290 g/mol. The van der Waals surface area contributed by atoms with Crippen molar-refractivity contribution >= 4 is 0 Å². The van der Waals surface area contributed by atoms with Gasteiger partial charge in [0.1, 0.15) is 0 Å². The van der Waals surface area contributed by atoms with Gasteiger partial charge in [0.25, 0.3) is 0 Å². The predicted molar refractivity (Wildman–Crippen MR) is 78.1 cm³/mol. The molecule has 0 spiro atoms. The van der Waals surface area contributed by atoms with Gasteiger partial charge in [-0.15, -0.1) is 0 Å². The normalized spacial score (nSPS) is 19.1. The Morgan fingerprint density at radius 2 is 1.85 bits per heavy atom. The van der Waals surface area contributed by atoms with Gasteiger partial charge >= 0.3 is 0 Å². The fourth-order valence-corrected chi connectivity index (χ4v) is 2.32. The Hall–Kier alpha value is -0.240. The van der Waals surface area contributed by atoms with E-state index in [0.29, 0.717) is 45.6 Å². The summed E-state index contributed by atoms with van der Waals surface area (Å²) >= 11 is 0. The van der Waals surface area contributed by atoms with Gasteiger partial charge in [-0.05, 0) is 19.4 Å². The number of nitrogens with zero attached hydrogens (tertiary/aromatic N) is 1. The Balaban J connectivity index is 1.97. The number of aliphatic hydroxyl groups is 1. The van der Waals surface area contributed by atoms with Crippen molar-refractivity contribution < 1.29 is 19.3 Å². The van der Waals surface area contributed by atoms with Crippen molar-refractivity contribution in [3.05, 3.63) is 0 Å². The van der Waals surface area contributed by atoms with E-state index < -0.39 is 0 Å². The van der Waals surface area contributed by atoms with Gasteiger partial charge < -0.3 is 24.6 Å². The zero-order valence-corrected chi connectivity index (χ0v) is 12.7. The molecule has 120 valence electrons. The van der Waals surface area contributed by atoms with Crippen LogP contribution in [0.1, 0.15) is 12.8 Å². The lowest BCUT2D eigenvalue weighted by Gasteiger charge is -2.24. The Bertz CT molecular complexity index is 213. The molecule has 1 atom stereocenters. The molecule has 2 N–H and O–H groups in total. The van der Waals surface area contributed by atoms with Crippen LogP contribution in [0, 0.1) is 0 Å². The zero-order valence-electron chi connectivity index (χ0n) is 12.7. The number of ether oxygens (including phenoxy) is 3. The molecule has 0 aromatic rings. The molecule has 1 heterocycles. The van der Waals surface area contributed by atoms with E-state index in [2.05, 4.69) is 10.2 Å². The number of rotatable bonds is 13. The second kappa shape index (κ2) is 12.5. The molecule has 0 aromatic carbocycles. The molecule has 0 aliphatic carbocycles. The van der Waals surface area contributed by atoms with Gasteiger partial charge in [0, 0.05) is 32.8 Å². The fraction of sp³-hybridized carbons (Fsp3) is 1.00. The summed E-state index contributed by atoms with van der Waals surface area (Å²) in [5.74, 6) is 0. The fourth-order valence-electron chi connectivity index (χ4n) is 2.32. The molecule has 0 amide bonds. The molecule has 1 saturated heterocycles. The third kappa shape index (κ3) is 8.84. The molecule has 6 nitrogen and oxygen atoms in total. The van der Waals surface area contributed by atoms with Crippen molar-refractivity contribution in [2.45, 2.75) is 18.9 Å². The van der Waals surface area contributed by atoms with Crippen LogP contribution >= 0.6 is 0 Å². The minimum atomic E-state index is 0.201. The van der Waals surface area contributed by atoms with Crippen LogP contribution in [0.15, 0.2) is 0 Å². The summed E-state index contributed by atoms with van der Waals surface area (Å²) in [5.41, 5.74) is 0. The van der Waals surface area contributed by atoms with Crippen molar-refractivity contribution in [2.24, 2.45) is 0 Å². The second-order valence-corrected chi connectivity index (χ2v) is 5.04. The van der Waals surface area contributed by atoms with Gasteiger partial charge in [0.2, 0.25) is 0 Å². The molecule has 1 unspecified atom stereocenters. The first-order valence-corrected chi connectivity index (χ1v) is 7.58. The lowest BCUT2D eigenvalue weighted by molar-refractivity contribution is 0.0181. The van der Waals surface area contributed by atoms with Crippen molar-refractivity contribution in [1.29, 1.82) is 0 Å². The summed E-state index contributed by atoms with van der Waals surface area (Å²) in [6, 6.07) is 0.568. The maximum atomic E-state index is 9.10. The van der Waals surface area contributed by atoms with Gasteiger partial charge in [0.05, 0.1) is 39.6 Å². The van der Waals surface area contributed by atoms with Crippen LogP contribution in [-0.2, 0) is 14.2 Å². The molecule has 1 rings (SSSR count). The van der Waals surface area contributed by atoms with Crippen LogP contribution in [-0.4, -0.2) is 89.0 Å². The summed E-state index contributed by atoms with van der Waals surface area (Å²) in [5, 5.41) is 12.6. The number of aliphatic hydroxyl groups excluding tert-OH is 1. The van der Waals surface area contributed by atoms with E-state index in [1.54, 1.807) is 7.11 Å². The second-order valence-electron chi connectivity index (χ2n) is 5.04. The first-order chi connectivity index (χ1) is 9.86. The molecule has 1 aliphatic rings. The summed E-state index contributed by atoms with van der Waals surface area (Å²) in [4.78, 5) is 2.26. The van der Waals surface area contributed by atoms with Crippen molar-refractivity contribution in [2.75, 3.05) is 72.9 Å². The number of hydrogen-bond donors (Lipinski definition) is 2. The van der Waals surface area contributed by atoms with E-state index in [4.69, 9.17) is 19.3 Å². The largest absolute Gasteiger partial charge is 0.395 e. The van der Waals surface area contributed by atoms with Crippen LogP contribution in [0.3, 0.4) is 0 Å². The smallest absolute Gasteiger partial charge is 0.0701 e. The molecular formula is C14H30N2O4. The molecular weight excluding hydrogens is 260 g/mol. The number of methoxy groups -OCH3 is 1. The molecule has 1 aliphatic heterocycles. The Morgan fingerprint density at radius 1 is 1.10 bits per heavy atom. The SMILES string of the molecule is COCCOCCOCCN(CCO)CC1CCCN1. The Kier molecular flexibility index (Phi) is 11.1. The molecule has 0 bridgehead atoms. The van der Waals surface area contributed by atoms with Crippen LogP contribution < -0.4 is 5.32 Å². The number of nitrogens with one attached hydrogen (secondary N) is 1. The van der Waals surface area contributed by atoms with E-state index >= 15 is 0 Å². The van der Waals surface area contributed by atoms with Crippen molar-refractivity contribution in [1.82, 2.24) is 10.2 Å². The average Bonchev–Trinajstić information content (AvgIpc) is 2.95.